The van der Waals surface area contributed by atoms with E-state index in [0.29, 0.717) is 11.5 Å². The highest BCUT2D eigenvalue weighted by Gasteiger charge is 2.14. The monoisotopic (exact) mass is 294 g/mol. The lowest BCUT2D eigenvalue weighted by Gasteiger charge is -2.06. The summed E-state index contributed by atoms with van der Waals surface area (Å²) in [5, 5.41) is 8.41. The lowest BCUT2D eigenvalue weighted by molar-refractivity contribution is 0.414. The lowest BCUT2D eigenvalue weighted by atomic mass is 10.0. The van der Waals surface area contributed by atoms with Gasteiger partial charge in [0.15, 0.2) is 5.82 Å². The van der Waals surface area contributed by atoms with Crippen molar-refractivity contribution in [3.63, 3.8) is 0 Å². The third-order valence-corrected chi connectivity index (χ3v) is 3.78. The first-order chi connectivity index (χ1) is 10.6. The molecule has 3 rings (SSSR count). The van der Waals surface area contributed by atoms with E-state index >= 15 is 0 Å². The number of hydrogen-bond acceptors (Lipinski definition) is 4. The second-order valence-electron chi connectivity index (χ2n) is 5.24. The minimum Gasteiger partial charge on any atom is -0.497 e. The molecule has 0 saturated carbocycles. The summed E-state index contributed by atoms with van der Waals surface area (Å²) in [6.45, 7) is 4.15. The predicted molar refractivity (Wildman–Crippen MR) is 87.2 cm³/mol. The van der Waals surface area contributed by atoms with Crippen molar-refractivity contribution in [3.05, 3.63) is 53.6 Å². The Bertz CT molecular complexity index is 823. The molecule has 0 aliphatic carbocycles. The summed E-state index contributed by atoms with van der Waals surface area (Å²) < 4.78 is 6.85. The molecular formula is C17H18N4O. The minimum atomic E-state index is 0.511. The summed E-state index contributed by atoms with van der Waals surface area (Å²) in [6.07, 6.45) is 0. The number of nitrogen functional groups attached to an aromatic ring is 1. The summed E-state index contributed by atoms with van der Waals surface area (Å²) in [6, 6.07) is 13.7. The number of rotatable bonds is 3. The molecule has 22 heavy (non-hydrogen) atoms. The lowest BCUT2D eigenvalue weighted by Crippen LogP contribution is -2.02. The Morgan fingerprint density at radius 1 is 1.05 bits per heavy atom. The van der Waals surface area contributed by atoms with Gasteiger partial charge in [-0.1, -0.05) is 23.4 Å². The fourth-order valence-corrected chi connectivity index (χ4v) is 2.32. The van der Waals surface area contributed by atoms with Crippen LogP contribution < -0.4 is 10.5 Å². The number of aromatic nitrogens is 3. The Morgan fingerprint density at radius 2 is 1.86 bits per heavy atom. The Balaban J connectivity index is 2.06. The van der Waals surface area contributed by atoms with Crippen molar-refractivity contribution in [1.82, 2.24) is 15.0 Å². The number of aryl methyl sites for hydroxylation is 2. The molecule has 0 aliphatic heterocycles. The number of nitrogens with zero attached hydrogens (tertiary/aromatic N) is 3. The highest BCUT2D eigenvalue weighted by Crippen LogP contribution is 2.27. The molecule has 3 aromatic rings. The van der Waals surface area contributed by atoms with E-state index in [9.17, 15) is 0 Å². The van der Waals surface area contributed by atoms with E-state index < -0.39 is 0 Å². The summed E-state index contributed by atoms with van der Waals surface area (Å²) in [5.41, 5.74) is 11.2. The summed E-state index contributed by atoms with van der Waals surface area (Å²) in [7, 11) is 1.63. The van der Waals surface area contributed by atoms with Crippen molar-refractivity contribution in [1.29, 1.82) is 0 Å². The van der Waals surface area contributed by atoms with Crippen LogP contribution >= 0.6 is 0 Å². The fraction of sp³-hybridized carbons (Fsp3) is 0.176. The van der Waals surface area contributed by atoms with Crippen LogP contribution in [0, 0.1) is 13.8 Å². The van der Waals surface area contributed by atoms with Gasteiger partial charge in [-0.15, -0.1) is 5.10 Å². The van der Waals surface area contributed by atoms with Crippen LogP contribution in [-0.2, 0) is 0 Å². The van der Waals surface area contributed by atoms with Crippen molar-refractivity contribution >= 4 is 5.82 Å². The Labute approximate surface area is 129 Å². The number of hydrogen-bond donors (Lipinski definition) is 1. The zero-order valence-corrected chi connectivity index (χ0v) is 12.9. The van der Waals surface area contributed by atoms with Gasteiger partial charge in [-0.3, -0.25) is 0 Å². The molecule has 0 aliphatic rings. The summed E-state index contributed by atoms with van der Waals surface area (Å²) in [4.78, 5) is 0. The standard InChI is InChI=1S/C17H18N4O/c1-11-7-8-13(9-12(11)2)16-17(18)21(20-19-16)14-5-4-6-15(10-14)22-3/h4-10H,18H2,1-3H3. The van der Waals surface area contributed by atoms with Gasteiger partial charge in [-0.25, -0.2) is 0 Å². The van der Waals surface area contributed by atoms with E-state index in [4.69, 9.17) is 10.5 Å². The number of nitrogens with two attached hydrogens (primary N) is 1. The van der Waals surface area contributed by atoms with Gasteiger partial charge in [-0.05, 0) is 43.2 Å². The van der Waals surface area contributed by atoms with Crippen LogP contribution in [0.5, 0.6) is 5.75 Å². The van der Waals surface area contributed by atoms with Gasteiger partial charge in [0.25, 0.3) is 0 Å². The van der Waals surface area contributed by atoms with E-state index in [-0.39, 0.29) is 0 Å². The molecule has 2 aromatic carbocycles. The molecule has 0 radical (unpaired) electrons. The predicted octanol–water partition coefficient (Wildman–Crippen LogP) is 3.14. The van der Waals surface area contributed by atoms with Crippen LogP contribution in [0.15, 0.2) is 42.5 Å². The summed E-state index contributed by atoms with van der Waals surface area (Å²) in [5.74, 6) is 1.26. The zero-order chi connectivity index (χ0) is 15.7. The number of anilines is 1. The number of methoxy groups -OCH3 is 1. The molecule has 1 aromatic heterocycles. The SMILES string of the molecule is COc1cccc(-n2nnc(-c3ccc(C)c(C)c3)c2N)c1. The van der Waals surface area contributed by atoms with Crippen LogP contribution in [0.25, 0.3) is 16.9 Å². The fourth-order valence-electron chi connectivity index (χ4n) is 2.32. The molecule has 5 heteroatoms. The molecule has 0 amide bonds. The Morgan fingerprint density at radius 3 is 2.59 bits per heavy atom. The molecule has 0 bridgehead atoms. The van der Waals surface area contributed by atoms with Gasteiger partial charge in [-0.2, -0.15) is 4.68 Å². The van der Waals surface area contributed by atoms with Gasteiger partial charge < -0.3 is 10.5 Å². The normalized spacial score (nSPS) is 10.7. The quantitative estimate of drug-likeness (QED) is 0.806. The van der Waals surface area contributed by atoms with Gasteiger partial charge >= 0.3 is 0 Å². The van der Waals surface area contributed by atoms with Crippen LogP contribution in [0.4, 0.5) is 5.82 Å². The molecule has 0 unspecified atom stereocenters. The van der Waals surface area contributed by atoms with E-state index in [0.717, 1.165) is 17.0 Å². The van der Waals surface area contributed by atoms with Gasteiger partial charge in [0.1, 0.15) is 11.4 Å². The van der Waals surface area contributed by atoms with Gasteiger partial charge in [0, 0.05) is 11.6 Å². The van der Waals surface area contributed by atoms with E-state index in [1.165, 1.54) is 11.1 Å². The molecule has 2 N–H and O–H groups in total. The van der Waals surface area contributed by atoms with Crippen molar-refractivity contribution in [2.75, 3.05) is 12.8 Å². The first-order valence-corrected chi connectivity index (χ1v) is 7.03. The third-order valence-electron chi connectivity index (χ3n) is 3.78. The first-order valence-electron chi connectivity index (χ1n) is 7.03. The zero-order valence-electron chi connectivity index (χ0n) is 12.9. The van der Waals surface area contributed by atoms with E-state index in [1.54, 1.807) is 11.8 Å². The van der Waals surface area contributed by atoms with Crippen molar-refractivity contribution in [2.24, 2.45) is 0 Å². The topological polar surface area (TPSA) is 66.0 Å². The molecular weight excluding hydrogens is 276 g/mol. The van der Waals surface area contributed by atoms with E-state index in [2.05, 4.69) is 36.3 Å². The van der Waals surface area contributed by atoms with Gasteiger partial charge in [0.2, 0.25) is 0 Å². The molecule has 0 fully saturated rings. The highest BCUT2D eigenvalue weighted by molar-refractivity contribution is 5.71. The van der Waals surface area contributed by atoms with Crippen molar-refractivity contribution in [3.8, 4) is 22.7 Å². The minimum absolute atomic E-state index is 0.511. The van der Waals surface area contributed by atoms with Crippen molar-refractivity contribution < 1.29 is 4.74 Å². The number of benzene rings is 2. The van der Waals surface area contributed by atoms with Crippen LogP contribution in [-0.4, -0.2) is 22.1 Å². The maximum absolute atomic E-state index is 6.24. The maximum atomic E-state index is 6.24. The molecule has 0 saturated heterocycles. The third kappa shape index (κ3) is 2.41. The molecule has 0 atom stereocenters. The number of ether oxygens (including phenoxy) is 1. The van der Waals surface area contributed by atoms with E-state index in [1.807, 2.05) is 30.3 Å². The van der Waals surface area contributed by atoms with Crippen LogP contribution in [0.3, 0.4) is 0 Å². The Kier molecular flexibility index (Phi) is 3.55. The van der Waals surface area contributed by atoms with Crippen LogP contribution in [0.2, 0.25) is 0 Å². The second kappa shape index (κ2) is 5.52. The Hall–Kier alpha value is -2.82. The van der Waals surface area contributed by atoms with Crippen LogP contribution in [0.1, 0.15) is 11.1 Å². The van der Waals surface area contributed by atoms with Gasteiger partial charge in [0.05, 0.1) is 12.8 Å². The molecule has 112 valence electrons. The smallest absolute Gasteiger partial charge is 0.155 e. The maximum Gasteiger partial charge on any atom is 0.155 e. The molecule has 5 nitrogen and oxygen atoms in total. The van der Waals surface area contributed by atoms with Crippen molar-refractivity contribution in [2.45, 2.75) is 13.8 Å². The highest BCUT2D eigenvalue weighted by atomic mass is 16.5. The second-order valence-corrected chi connectivity index (χ2v) is 5.24. The average Bonchev–Trinajstić information content (AvgIpc) is 2.92. The molecule has 1 heterocycles. The molecule has 0 spiro atoms. The first kappa shape index (κ1) is 14.1. The average molecular weight is 294 g/mol. The summed E-state index contributed by atoms with van der Waals surface area (Å²) >= 11 is 0. The largest absolute Gasteiger partial charge is 0.497 e.